The second kappa shape index (κ2) is 4.84. The van der Waals surface area contributed by atoms with Crippen LogP contribution in [-0.4, -0.2) is 15.0 Å². The molecule has 0 unspecified atom stereocenters. The van der Waals surface area contributed by atoms with Gasteiger partial charge in [0.05, 0.1) is 21.4 Å². The first-order valence-electron chi connectivity index (χ1n) is 4.90. The van der Waals surface area contributed by atoms with Gasteiger partial charge in [-0.1, -0.05) is 35.3 Å². The van der Waals surface area contributed by atoms with Gasteiger partial charge in [0.25, 0.3) is 0 Å². The molecule has 1 aromatic heterocycles. The molecule has 0 bridgehead atoms. The van der Waals surface area contributed by atoms with Crippen LogP contribution in [0.3, 0.4) is 0 Å². The molecular formula is C10H9BrCl2N4. The van der Waals surface area contributed by atoms with Gasteiger partial charge in [-0.2, -0.15) is 0 Å². The number of nitrogens with zero attached hydrogens (tertiary/aromatic N) is 3. The highest BCUT2D eigenvalue weighted by atomic mass is 79.9. The molecule has 2 N–H and O–H groups in total. The lowest BCUT2D eigenvalue weighted by molar-refractivity contribution is 0.767. The summed E-state index contributed by atoms with van der Waals surface area (Å²) in [6.07, 6.45) is 0.711. The molecule has 0 saturated carbocycles. The van der Waals surface area contributed by atoms with Gasteiger partial charge >= 0.3 is 0 Å². The minimum Gasteiger partial charge on any atom is -0.381 e. The molecule has 17 heavy (non-hydrogen) atoms. The summed E-state index contributed by atoms with van der Waals surface area (Å²) in [5.41, 5.74) is 7.21. The second-order valence-electron chi connectivity index (χ2n) is 3.38. The van der Waals surface area contributed by atoms with Gasteiger partial charge in [-0.25, -0.2) is 4.68 Å². The maximum Gasteiger partial charge on any atom is 0.169 e. The van der Waals surface area contributed by atoms with Crippen LogP contribution < -0.4 is 5.73 Å². The summed E-state index contributed by atoms with van der Waals surface area (Å²) < 4.78 is 2.34. The van der Waals surface area contributed by atoms with E-state index < -0.39 is 0 Å². The van der Waals surface area contributed by atoms with Crippen LogP contribution >= 0.6 is 39.1 Å². The smallest absolute Gasteiger partial charge is 0.169 e. The highest BCUT2D eigenvalue weighted by Gasteiger charge is 2.15. The molecule has 0 aliphatic carbocycles. The Labute approximate surface area is 117 Å². The molecule has 0 amide bonds. The normalized spacial score (nSPS) is 10.8. The Morgan fingerprint density at radius 1 is 1.35 bits per heavy atom. The Morgan fingerprint density at radius 3 is 2.71 bits per heavy atom. The van der Waals surface area contributed by atoms with Gasteiger partial charge in [-0.05, 0) is 34.5 Å². The number of anilines is 1. The van der Waals surface area contributed by atoms with Gasteiger partial charge in [0.1, 0.15) is 0 Å². The van der Waals surface area contributed by atoms with Gasteiger partial charge in [0, 0.05) is 4.47 Å². The summed E-state index contributed by atoms with van der Waals surface area (Å²) in [6.45, 7) is 1.97. The Balaban J connectivity index is 2.65. The van der Waals surface area contributed by atoms with Crippen LogP contribution in [0, 0.1) is 0 Å². The number of rotatable bonds is 2. The first-order chi connectivity index (χ1) is 8.06. The van der Waals surface area contributed by atoms with Crippen LogP contribution in [0.2, 0.25) is 10.0 Å². The Morgan fingerprint density at radius 2 is 2.06 bits per heavy atom. The van der Waals surface area contributed by atoms with E-state index in [1.165, 1.54) is 0 Å². The predicted molar refractivity (Wildman–Crippen MR) is 72.9 cm³/mol. The molecule has 0 atom stereocenters. The van der Waals surface area contributed by atoms with Crippen molar-refractivity contribution in [2.45, 2.75) is 13.3 Å². The van der Waals surface area contributed by atoms with Crippen molar-refractivity contribution in [1.29, 1.82) is 0 Å². The molecule has 2 aromatic rings. The molecule has 1 aromatic carbocycles. The van der Waals surface area contributed by atoms with Crippen LogP contribution in [-0.2, 0) is 6.42 Å². The van der Waals surface area contributed by atoms with Gasteiger partial charge < -0.3 is 5.73 Å². The zero-order chi connectivity index (χ0) is 12.6. The molecule has 0 saturated heterocycles. The van der Waals surface area contributed by atoms with E-state index >= 15 is 0 Å². The van der Waals surface area contributed by atoms with Crippen molar-refractivity contribution in [3.8, 4) is 5.69 Å². The molecule has 1 heterocycles. The van der Waals surface area contributed by atoms with Crippen molar-refractivity contribution in [3.05, 3.63) is 32.3 Å². The highest BCUT2D eigenvalue weighted by Crippen LogP contribution is 2.35. The first-order valence-corrected chi connectivity index (χ1v) is 6.45. The summed E-state index contributed by atoms with van der Waals surface area (Å²) in [5, 5.41) is 8.67. The highest BCUT2D eigenvalue weighted by molar-refractivity contribution is 9.10. The number of aromatic nitrogens is 3. The number of benzene rings is 1. The van der Waals surface area contributed by atoms with E-state index in [0.29, 0.717) is 28.0 Å². The second-order valence-corrected chi connectivity index (χ2v) is 4.99. The van der Waals surface area contributed by atoms with Gasteiger partial charge in [0.15, 0.2) is 5.82 Å². The molecule has 0 spiro atoms. The monoisotopic (exact) mass is 334 g/mol. The lowest BCUT2D eigenvalue weighted by Gasteiger charge is -2.09. The van der Waals surface area contributed by atoms with Crippen LogP contribution in [0.4, 0.5) is 5.82 Å². The van der Waals surface area contributed by atoms with E-state index in [9.17, 15) is 0 Å². The summed E-state index contributed by atoms with van der Waals surface area (Å²) in [7, 11) is 0. The minimum absolute atomic E-state index is 0.405. The lowest BCUT2D eigenvalue weighted by atomic mass is 10.3. The summed E-state index contributed by atoms with van der Waals surface area (Å²) in [4.78, 5) is 0. The molecular weight excluding hydrogens is 327 g/mol. The van der Waals surface area contributed by atoms with E-state index in [1.54, 1.807) is 10.7 Å². The summed E-state index contributed by atoms with van der Waals surface area (Å²) >= 11 is 15.6. The molecule has 7 heteroatoms. The summed E-state index contributed by atoms with van der Waals surface area (Å²) in [6, 6.07) is 3.62. The minimum atomic E-state index is 0.405. The quantitative estimate of drug-likeness (QED) is 0.855. The average molecular weight is 336 g/mol. The van der Waals surface area contributed by atoms with E-state index in [0.717, 1.165) is 10.2 Å². The number of halogens is 3. The third-order valence-electron chi connectivity index (χ3n) is 2.37. The van der Waals surface area contributed by atoms with E-state index in [4.69, 9.17) is 28.9 Å². The Hall–Kier alpha value is -0.780. The number of nitrogens with two attached hydrogens (primary N) is 1. The van der Waals surface area contributed by atoms with Crippen LogP contribution in [0.25, 0.3) is 5.69 Å². The van der Waals surface area contributed by atoms with Crippen molar-refractivity contribution in [1.82, 2.24) is 15.0 Å². The predicted octanol–water partition coefficient (Wildman–Crippen LogP) is 3.48. The fourth-order valence-corrected chi connectivity index (χ4v) is 2.37. The Bertz CT molecular complexity index is 568. The molecule has 2 rings (SSSR count). The van der Waals surface area contributed by atoms with Crippen LogP contribution in [0.5, 0.6) is 0 Å². The largest absolute Gasteiger partial charge is 0.381 e. The Kier molecular flexibility index (Phi) is 3.61. The zero-order valence-corrected chi connectivity index (χ0v) is 12.0. The van der Waals surface area contributed by atoms with E-state index in [1.807, 2.05) is 13.0 Å². The van der Waals surface area contributed by atoms with Crippen molar-refractivity contribution in [3.63, 3.8) is 0 Å². The number of hydrogen-bond donors (Lipinski definition) is 1. The number of hydrogen-bond acceptors (Lipinski definition) is 3. The number of nitrogen functional groups attached to an aromatic ring is 1. The third-order valence-corrected chi connectivity index (χ3v) is 4.13. The maximum atomic E-state index is 6.18. The van der Waals surface area contributed by atoms with Gasteiger partial charge in [-0.3, -0.25) is 0 Å². The third kappa shape index (κ3) is 2.14. The maximum absolute atomic E-state index is 6.18. The van der Waals surface area contributed by atoms with Crippen molar-refractivity contribution < 1.29 is 0 Å². The zero-order valence-electron chi connectivity index (χ0n) is 8.91. The van der Waals surface area contributed by atoms with Crippen molar-refractivity contribution in [2.75, 3.05) is 5.73 Å². The van der Waals surface area contributed by atoms with E-state index in [-0.39, 0.29) is 0 Å². The molecule has 90 valence electrons. The topological polar surface area (TPSA) is 56.7 Å². The van der Waals surface area contributed by atoms with Crippen LogP contribution in [0.15, 0.2) is 16.6 Å². The standard InChI is InChI=1S/C10H9BrCl2N4/c1-2-6-10(14)15-16-17(6)7-4-3-5(11)8(12)9(7)13/h3-4H,2,14H2,1H3. The van der Waals surface area contributed by atoms with Gasteiger partial charge in [0.2, 0.25) is 0 Å². The molecule has 0 fully saturated rings. The fraction of sp³-hybridized carbons (Fsp3) is 0.200. The molecule has 0 aliphatic heterocycles. The lowest BCUT2D eigenvalue weighted by Crippen LogP contribution is -2.03. The average Bonchev–Trinajstić information content (AvgIpc) is 2.67. The van der Waals surface area contributed by atoms with E-state index in [2.05, 4.69) is 26.2 Å². The summed E-state index contributed by atoms with van der Waals surface area (Å²) in [5.74, 6) is 0.405. The van der Waals surface area contributed by atoms with Crippen molar-refractivity contribution in [2.24, 2.45) is 0 Å². The first kappa shape index (κ1) is 12.7. The van der Waals surface area contributed by atoms with Gasteiger partial charge in [-0.15, -0.1) is 5.10 Å². The fourth-order valence-electron chi connectivity index (χ4n) is 1.52. The van der Waals surface area contributed by atoms with Crippen molar-refractivity contribution >= 4 is 44.9 Å². The molecule has 0 aliphatic rings. The molecule has 4 nitrogen and oxygen atoms in total. The SMILES string of the molecule is CCc1c(N)nnn1-c1ccc(Br)c(Cl)c1Cl. The van der Waals surface area contributed by atoms with Crippen LogP contribution in [0.1, 0.15) is 12.6 Å². The molecule has 0 radical (unpaired) electrons.